The summed E-state index contributed by atoms with van der Waals surface area (Å²) in [5, 5.41) is 3.28. The van der Waals surface area contributed by atoms with E-state index in [2.05, 4.69) is 20.2 Å². The van der Waals surface area contributed by atoms with Gasteiger partial charge < -0.3 is 16.0 Å². The molecule has 1 saturated heterocycles. The average Bonchev–Trinajstić information content (AvgIpc) is 3.22. The maximum Gasteiger partial charge on any atom is 0.417 e. The normalized spacial score (nSPS) is 16.4. The molecule has 0 radical (unpaired) electrons. The number of hydrogen-bond acceptors (Lipinski definition) is 5. The number of nitrogens with zero attached hydrogens (tertiary/aromatic N) is 3. The minimum absolute atomic E-state index is 0.00474. The van der Waals surface area contributed by atoms with Crippen LogP contribution in [0.2, 0.25) is 0 Å². The van der Waals surface area contributed by atoms with Crippen molar-refractivity contribution in [1.82, 2.24) is 9.97 Å². The number of aromatic nitrogens is 2. The van der Waals surface area contributed by atoms with E-state index in [0.29, 0.717) is 17.9 Å². The molecule has 0 spiro atoms. The van der Waals surface area contributed by atoms with E-state index in [0.717, 1.165) is 24.8 Å². The van der Waals surface area contributed by atoms with Crippen LogP contribution in [0.3, 0.4) is 0 Å². The van der Waals surface area contributed by atoms with Gasteiger partial charge in [-0.05, 0) is 48.4 Å². The van der Waals surface area contributed by atoms with Crippen LogP contribution in [0.1, 0.15) is 22.3 Å². The van der Waals surface area contributed by atoms with E-state index in [1.807, 2.05) is 18.2 Å². The molecule has 1 aromatic carbocycles. The van der Waals surface area contributed by atoms with Gasteiger partial charge in [0.1, 0.15) is 11.6 Å². The van der Waals surface area contributed by atoms with Gasteiger partial charge in [0.05, 0.1) is 5.56 Å². The fourth-order valence-electron chi connectivity index (χ4n) is 3.72. The number of halogens is 3. The van der Waals surface area contributed by atoms with Crippen LogP contribution in [0.4, 0.5) is 24.8 Å². The highest BCUT2D eigenvalue weighted by Crippen LogP contribution is 2.40. The predicted octanol–water partition coefficient (Wildman–Crippen LogP) is 3.95. The third kappa shape index (κ3) is 4.45. The van der Waals surface area contributed by atoms with Gasteiger partial charge in [0.25, 0.3) is 0 Å². The number of rotatable bonds is 5. The molecule has 31 heavy (non-hydrogen) atoms. The zero-order chi connectivity index (χ0) is 22.0. The number of alkyl halides is 3. The summed E-state index contributed by atoms with van der Waals surface area (Å²) in [6.45, 7) is 1.43. The monoisotopic (exact) mass is 427 g/mol. The standard InChI is InChI=1S/C22H20F3N5O/c23-22(24,25)18-12-14(20(26)31)6-7-16(18)17-4-3-10-28-21(17)29-15-8-11-30(13-15)19-5-1-2-9-27-19/h1-7,9-10,12,15H,8,11,13H2,(H2,26,31)(H,28,29). The lowest BCUT2D eigenvalue weighted by Crippen LogP contribution is -2.27. The van der Waals surface area contributed by atoms with Crippen LogP contribution in [0.15, 0.2) is 60.9 Å². The van der Waals surface area contributed by atoms with Gasteiger partial charge in [-0.2, -0.15) is 13.2 Å². The fraction of sp³-hybridized carbons (Fsp3) is 0.227. The predicted molar refractivity (Wildman–Crippen MR) is 112 cm³/mol. The fourth-order valence-corrected chi connectivity index (χ4v) is 3.72. The summed E-state index contributed by atoms with van der Waals surface area (Å²) >= 11 is 0. The van der Waals surface area contributed by atoms with Crippen molar-refractivity contribution >= 4 is 17.5 Å². The molecule has 1 fully saturated rings. The SMILES string of the molecule is NC(=O)c1ccc(-c2cccnc2NC2CCN(c3ccccn3)C2)c(C(F)(F)F)c1. The summed E-state index contributed by atoms with van der Waals surface area (Å²) in [5.74, 6) is 0.296. The number of primary amides is 1. The Kier molecular flexibility index (Phi) is 5.50. The smallest absolute Gasteiger partial charge is 0.366 e. The number of carbonyl (C=O) groups excluding carboxylic acids is 1. The summed E-state index contributed by atoms with van der Waals surface area (Å²) in [5.41, 5.74) is 4.29. The van der Waals surface area contributed by atoms with Crippen molar-refractivity contribution < 1.29 is 18.0 Å². The summed E-state index contributed by atoms with van der Waals surface area (Å²) in [4.78, 5) is 22.1. The molecular formula is C22H20F3N5O. The van der Waals surface area contributed by atoms with Crippen molar-refractivity contribution in [3.63, 3.8) is 0 Å². The molecule has 2 aromatic heterocycles. The van der Waals surface area contributed by atoms with Gasteiger partial charge in [0.15, 0.2) is 0 Å². The van der Waals surface area contributed by atoms with Crippen molar-refractivity contribution in [3.8, 4) is 11.1 Å². The third-order valence-electron chi connectivity index (χ3n) is 5.21. The zero-order valence-corrected chi connectivity index (χ0v) is 16.4. The van der Waals surface area contributed by atoms with Gasteiger partial charge in [0.2, 0.25) is 5.91 Å². The van der Waals surface area contributed by atoms with E-state index in [9.17, 15) is 18.0 Å². The average molecular weight is 427 g/mol. The Morgan fingerprint density at radius 2 is 1.87 bits per heavy atom. The first-order chi connectivity index (χ1) is 14.8. The first-order valence-corrected chi connectivity index (χ1v) is 9.72. The second-order valence-electron chi connectivity index (χ2n) is 7.29. The lowest BCUT2D eigenvalue weighted by molar-refractivity contribution is -0.137. The molecule has 4 rings (SSSR count). The Morgan fingerprint density at radius 3 is 2.58 bits per heavy atom. The summed E-state index contributed by atoms with van der Waals surface area (Å²) in [7, 11) is 0. The Morgan fingerprint density at radius 1 is 1.06 bits per heavy atom. The Balaban J connectivity index is 1.64. The first kappa shape index (κ1) is 20.6. The number of carbonyl (C=O) groups is 1. The van der Waals surface area contributed by atoms with Crippen molar-refractivity contribution in [2.24, 2.45) is 5.73 Å². The highest BCUT2D eigenvalue weighted by Gasteiger charge is 2.35. The third-order valence-corrected chi connectivity index (χ3v) is 5.21. The molecule has 160 valence electrons. The number of nitrogens with one attached hydrogen (secondary N) is 1. The number of hydrogen-bond donors (Lipinski definition) is 2. The molecule has 3 aromatic rings. The van der Waals surface area contributed by atoms with Crippen molar-refractivity contribution in [2.45, 2.75) is 18.6 Å². The highest BCUT2D eigenvalue weighted by molar-refractivity contribution is 5.94. The van der Waals surface area contributed by atoms with E-state index in [1.54, 1.807) is 18.3 Å². The minimum Gasteiger partial charge on any atom is -0.366 e. The van der Waals surface area contributed by atoms with Crippen LogP contribution in [0.25, 0.3) is 11.1 Å². The molecule has 1 amide bonds. The summed E-state index contributed by atoms with van der Waals surface area (Å²) < 4.78 is 41.2. The van der Waals surface area contributed by atoms with Crippen LogP contribution >= 0.6 is 0 Å². The highest BCUT2D eigenvalue weighted by atomic mass is 19.4. The van der Waals surface area contributed by atoms with Gasteiger partial charge in [0, 0.05) is 42.7 Å². The lowest BCUT2D eigenvalue weighted by Gasteiger charge is -2.20. The molecule has 1 aliphatic rings. The Labute approximate surface area is 176 Å². The van der Waals surface area contributed by atoms with Crippen LogP contribution in [0.5, 0.6) is 0 Å². The molecule has 6 nitrogen and oxygen atoms in total. The van der Waals surface area contributed by atoms with Gasteiger partial charge in [-0.25, -0.2) is 9.97 Å². The number of pyridine rings is 2. The van der Waals surface area contributed by atoms with Gasteiger partial charge in [-0.1, -0.05) is 12.1 Å². The number of nitrogens with two attached hydrogens (primary N) is 1. The van der Waals surface area contributed by atoms with Gasteiger partial charge in [-0.3, -0.25) is 4.79 Å². The number of benzene rings is 1. The van der Waals surface area contributed by atoms with Crippen LogP contribution in [-0.4, -0.2) is 35.0 Å². The van der Waals surface area contributed by atoms with E-state index in [-0.39, 0.29) is 17.2 Å². The van der Waals surface area contributed by atoms with E-state index in [1.165, 1.54) is 18.3 Å². The number of anilines is 2. The van der Waals surface area contributed by atoms with E-state index in [4.69, 9.17) is 5.73 Å². The van der Waals surface area contributed by atoms with Crippen LogP contribution in [0, 0.1) is 0 Å². The molecule has 0 aliphatic carbocycles. The van der Waals surface area contributed by atoms with Gasteiger partial charge >= 0.3 is 6.18 Å². The summed E-state index contributed by atoms with van der Waals surface area (Å²) in [6.07, 6.45) is -0.611. The molecule has 1 unspecified atom stereocenters. The Bertz CT molecular complexity index is 1090. The van der Waals surface area contributed by atoms with E-state index >= 15 is 0 Å². The van der Waals surface area contributed by atoms with Crippen molar-refractivity contribution in [1.29, 1.82) is 0 Å². The largest absolute Gasteiger partial charge is 0.417 e. The van der Waals surface area contributed by atoms with Crippen LogP contribution in [-0.2, 0) is 6.18 Å². The zero-order valence-electron chi connectivity index (χ0n) is 16.4. The number of amides is 1. The maximum atomic E-state index is 13.7. The summed E-state index contributed by atoms with van der Waals surface area (Å²) in [6, 6.07) is 12.2. The molecule has 3 heterocycles. The molecule has 9 heteroatoms. The van der Waals surface area contributed by atoms with Crippen LogP contribution < -0.4 is 16.0 Å². The minimum atomic E-state index is -4.66. The molecular weight excluding hydrogens is 407 g/mol. The molecule has 3 N–H and O–H groups in total. The lowest BCUT2D eigenvalue weighted by atomic mass is 9.97. The topological polar surface area (TPSA) is 84.1 Å². The molecule has 0 bridgehead atoms. The van der Waals surface area contributed by atoms with Gasteiger partial charge in [-0.15, -0.1) is 0 Å². The maximum absolute atomic E-state index is 13.7. The van der Waals surface area contributed by atoms with E-state index < -0.39 is 17.6 Å². The quantitative estimate of drug-likeness (QED) is 0.644. The molecule has 1 atom stereocenters. The van der Waals surface area contributed by atoms with Crippen molar-refractivity contribution in [3.05, 3.63) is 72.1 Å². The molecule has 0 saturated carbocycles. The Hall–Kier alpha value is -3.62. The first-order valence-electron chi connectivity index (χ1n) is 9.72. The second-order valence-corrected chi connectivity index (χ2v) is 7.29. The second kappa shape index (κ2) is 8.25. The molecule has 1 aliphatic heterocycles. The van der Waals surface area contributed by atoms with Crippen molar-refractivity contribution in [2.75, 3.05) is 23.3 Å².